The first-order valence-corrected chi connectivity index (χ1v) is 3.89. The van der Waals surface area contributed by atoms with Crippen LogP contribution in [0.2, 0.25) is 0 Å². The Morgan fingerprint density at radius 3 is 2.22 bits per heavy atom. The summed E-state index contributed by atoms with van der Waals surface area (Å²) in [5.41, 5.74) is 0. The van der Waals surface area contributed by atoms with Gasteiger partial charge in [0.2, 0.25) is 0 Å². The molecule has 0 radical (unpaired) electrons. The molecule has 1 unspecified atom stereocenters. The number of rotatable bonds is 3. The van der Waals surface area contributed by atoms with Crippen LogP contribution < -0.4 is 0 Å². The van der Waals surface area contributed by atoms with Crippen molar-refractivity contribution >= 4 is 10.1 Å². The van der Waals surface area contributed by atoms with Crippen LogP contribution >= 0.6 is 0 Å². The van der Waals surface area contributed by atoms with Crippen molar-refractivity contribution in [3.8, 4) is 0 Å². The number of ether oxygens (including phenoxy) is 1. The summed E-state index contributed by atoms with van der Waals surface area (Å²) in [6.45, 7) is 1.28. The van der Waals surface area contributed by atoms with Gasteiger partial charge in [-0.1, -0.05) is 0 Å². The van der Waals surface area contributed by atoms with Gasteiger partial charge >= 0.3 is 0 Å². The number of hydrogen-bond acceptors (Lipinski definition) is 4. The van der Waals surface area contributed by atoms with Gasteiger partial charge in [-0.2, -0.15) is 0 Å². The third kappa shape index (κ3) is 3.45. The van der Waals surface area contributed by atoms with E-state index in [9.17, 15) is 13.0 Å². The highest BCUT2D eigenvalue weighted by atomic mass is 32.2. The minimum absolute atomic E-state index is 0.0359. The first kappa shape index (κ1) is 8.87. The van der Waals surface area contributed by atoms with E-state index in [4.69, 9.17) is 0 Å². The van der Waals surface area contributed by atoms with E-state index in [1.807, 2.05) is 0 Å². The standard InChI is InChI=1S/C4H10O4S/c1-4(3-8-2)9(5,6)7/h4H,3H2,1-2H3,(H,5,6,7)/p-1. The average molecular weight is 153 g/mol. The second kappa shape index (κ2) is 3.14. The molecule has 0 heterocycles. The fourth-order valence-electron chi connectivity index (χ4n) is 0.318. The van der Waals surface area contributed by atoms with Gasteiger partial charge in [-0.3, -0.25) is 0 Å². The van der Waals surface area contributed by atoms with E-state index in [2.05, 4.69) is 4.74 Å². The van der Waals surface area contributed by atoms with Crippen LogP contribution in [0.1, 0.15) is 6.92 Å². The molecule has 0 aliphatic carbocycles. The predicted molar refractivity (Wildman–Crippen MR) is 31.0 cm³/mol. The zero-order valence-electron chi connectivity index (χ0n) is 5.33. The molecule has 0 fully saturated rings. The maximum atomic E-state index is 10.1. The molecular weight excluding hydrogens is 144 g/mol. The molecule has 0 aromatic rings. The summed E-state index contributed by atoms with van der Waals surface area (Å²) in [6.07, 6.45) is 0. The van der Waals surface area contributed by atoms with E-state index in [-0.39, 0.29) is 6.61 Å². The lowest BCUT2D eigenvalue weighted by Crippen LogP contribution is -2.21. The van der Waals surface area contributed by atoms with Gasteiger partial charge in [0.15, 0.2) is 0 Å². The minimum Gasteiger partial charge on any atom is -0.748 e. The highest BCUT2D eigenvalue weighted by Gasteiger charge is 2.07. The largest absolute Gasteiger partial charge is 0.748 e. The highest BCUT2D eigenvalue weighted by Crippen LogP contribution is 1.95. The van der Waals surface area contributed by atoms with Crippen LogP contribution in [-0.2, 0) is 14.9 Å². The van der Waals surface area contributed by atoms with Crippen molar-refractivity contribution in [3.63, 3.8) is 0 Å². The van der Waals surface area contributed by atoms with Crippen molar-refractivity contribution < 1.29 is 17.7 Å². The first-order valence-electron chi connectivity index (χ1n) is 2.42. The van der Waals surface area contributed by atoms with Gasteiger partial charge in [0.25, 0.3) is 0 Å². The van der Waals surface area contributed by atoms with Gasteiger partial charge in [-0.15, -0.1) is 0 Å². The molecule has 0 amide bonds. The van der Waals surface area contributed by atoms with Gasteiger partial charge in [0, 0.05) is 7.11 Å². The molecule has 0 aromatic carbocycles. The Bertz CT molecular complexity index is 159. The molecular formula is C4H9O4S-. The molecule has 0 rings (SSSR count). The lowest BCUT2D eigenvalue weighted by molar-refractivity contribution is 0.197. The third-order valence-corrected chi connectivity index (χ3v) is 2.02. The summed E-state index contributed by atoms with van der Waals surface area (Å²) in [4.78, 5) is 0. The Labute approximate surface area is 54.6 Å². The molecule has 4 nitrogen and oxygen atoms in total. The Balaban J connectivity index is 3.90. The van der Waals surface area contributed by atoms with Crippen molar-refractivity contribution in [1.29, 1.82) is 0 Å². The van der Waals surface area contributed by atoms with Crippen molar-refractivity contribution in [3.05, 3.63) is 0 Å². The highest BCUT2D eigenvalue weighted by molar-refractivity contribution is 7.86. The Hall–Kier alpha value is -0.130. The fraction of sp³-hybridized carbons (Fsp3) is 1.00. The SMILES string of the molecule is COCC(C)S(=O)(=O)[O-]. The quantitative estimate of drug-likeness (QED) is 0.516. The predicted octanol–water partition coefficient (Wildman–Crippen LogP) is -0.433. The van der Waals surface area contributed by atoms with Gasteiger partial charge < -0.3 is 9.29 Å². The summed E-state index contributed by atoms with van der Waals surface area (Å²) in [6, 6.07) is 0. The summed E-state index contributed by atoms with van der Waals surface area (Å²) in [7, 11) is -2.79. The second-order valence-corrected chi connectivity index (χ2v) is 3.55. The molecule has 0 spiro atoms. The van der Waals surface area contributed by atoms with Gasteiger partial charge in [-0.05, 0) is 6.92 Å². The van der Waals surface area contributed by atoms with E-state index >= 15 is 0 Å². The molecule has 0 aliphatic rings. The molecule has 0 saturated carbocycles. The smallest absolute Gasteiger partial charge is 0.0995 e. The van der Waals surface area contributed by atoms with Crippen LogP contribution in [0.25, 0.3) is 0 Å². The van der Waals surface area contributed by atoms with E-state index in [0.29, 0.717) is 0 Å². The molecule has 5 heteroatoms. The monoisotopic (exact) mass is 153 g/mol. The number of methoxy groups -OCH3 is 1. The van der Waals surface area contributed by atoms with Gasteiger partial charge in [0.1, 0.15) is 0 Å². The zero-order chi connectivity index (χ0) is 7.49. The molecule has 9 heavy (non-hydrogen) atoms. The Morgan fingerprint density at radius 2 is 2.11 bits per heavy atom. The fourth-order valence-corrected chi connectivity index (χ4v) is 0.621. The van der Waals surface area contributed by atoms with E-state index in [1.54, 1.807) is 0 Å². The molecule has 0 saturated heterocycles. The van der Waals surface area contributed by atoms with Gasteiger partial charge in [-0.25, -0.2) is 8.42 Å². The molecule has 1 atom stereocenters. The van der Waals surface area contributed by atoms with Crippen LogP contribution in [0.15, 0.2) is 0 Å². The van der Waals surface area contributed by atoms with E-state index < -0.39 is 15.4 Å². The van der Waals surface area contributed by atoms with Gasteiger partial charge in [0.05, 0.1) is 22.0 Å². The lowest BCUT2D eigenvalue weighted by atomic mass is 10.5. The first-order chi connectivity index (χ1) is 3.98. The molecule has 0 aliphatic heterocycles. The summed E-state index contributed by atoms with van der Waals surface area (Å²) in [5.74, 6) is 0. The topological polar surface area (TPSA) is 66.4 Å². The van der Waals surface area contributed by atoms with E-state index in [0.717, 1.165) is 0 Å². The zero-order valence-corrected chi connectivity index (χ0v) is 6.14. The number of hydrogen-bond donors (Lipinski definition) is 0. The van der Waals surface area contributed by atoms with Crippen molar-refractivity contribution in [1.82, 2.24) is 0 Å². The summed E-state index contributed by atoms with van der Waals surface area (Å²) < 4.78 is 34.7. The van der Waals surface area contributed by atoms with Crippen molar-refractivity contribution in [2.24, 2.45) is 0 Å². The minimum atomic E-state index is -4.14. The summed E-state index contributed by atoms with van der Waals surface area (Å²) in [5, 5.41) is -0.942. The third-order valence-electron chi connectivity index (χ3n) is 0.894. The van der Waals surface area contributed by atoms with Crippen LogP contribution in [0, 0.1) is 0 Å². The van der Waals surface area contributed by atoms with Crippen LogP contribution in [0.4, 0.5) is 0 Å². The maximum Gasteiger partial charge on any atom is 0.0995 e. The van der Waals surface area contributed by atoms with E-state index in [1.165, 1.54) is 14.0 Å². The van der Waals surface area contributed by atoms with Crippen molar-refractivity contribution in [2.75, 3.05) is 13.7 Å². The second-order valence-electron chi connectivity index (χ2n) is 1.76. The maximum absolute atomic E-state index is 10.1. The Morgan fingerprint density at radius 1 is 1.67 bits per heavy atom. The normalized spacial score (nSPS) is 15.4. The van der Waals surface area contributed by atoms with Crippen LogP contribution in [-0.4, -0.2) is 31.9 Å². The summed E-state index contributed by atoms with van der Waals surface area (Å²) >= 11 is 0. The molecule has 0 bridgehead atoms. The molecule has 0 N–H and O–H groups in total. The van der Waals surface area contributed by atoms with Crippen molar-refractivity contribution in [2.45, 2.75) is 12.2 Å². The van der Waals surface area contributed by atoms with Crippen LogP contribution in [0.3, 0.4) is 0 Å². The average Bonchev–Trinajstić information content (AvgIpc) is 1.64. The molecule has 56 valence electrons. The van der Waals surface area contributed by atoms with Crippen LogP contribution in [0.5, 0.6) is 0 Å². The lowest BCUT2D eigenvalue weighted by Gasteiger charge is -2.13. The Kier molecular flexibility index (Phi) is 3.10. The molecule has 0 aromatic heterocycles.